The molecule has 3 aliphatic rings. The molecule has 8 bridgehead atoms. The molecule has 0 radical (unpaired) electrons. The molecule has 0 aromatic carbocycles. The zero-order valence-electron chi connectivity index (χ0n) is 26.5. The molecule has 2 aliphatic heterocycles. The van der Waals surface area contributed by atoms with Gasteiger partial charge in [0.05, 0.1) is 23.2 Å². The number of hydrogen-bond acceptors (Lipinski definition) is 6. The average Bonchev–Trinajstić information content (AvgIpc) is 3.71. The first kappa shape index (κ1) is 32.0. The van der Waals surface area contributed by atoms with Gasteiger partial charge in [-0.15, -0.1) is 27.8 Å². The summed E-state index contributed by atoms with van der Waals surface area (Å²) in [6, 6.07) is 3.93. The van der Waals surface area contributed by atoms with Crippen LogP contribution in [0.2, 0.25) is 0 Å². The first-order valence-electron chi connectivity index (χ1n) is 15.1. The van der Waals surface area contributed by atoms with Gasteiger partial charge in [-0.25, -0.2) is 4.98 Å². The zero-order valence-corrected chi connectivity index (χ0v) is 27.9. The fourth-order valence-electron chi connectivity index (χ4n) is 7.31. The third-order valence-electron chi connectivity index (χ3n) is 9.48. The normalized spacial score (nSPS) is 18.0. The summed E-state index contributed by atoms with van der Waals surface area (Å²) >= 11 is 0. The molecule has 8 nitrogen and oxygen atoms in total. The first-order chi connectivity index (χ1) is 20.5. The summed E-state index contributed by atoms with van der Waals surface area (Å²) in [6.45, 7) is 13.9. The summed E-state index contributed by atoms with van der Waals surface area (Å²) in [5, 5.41) is 35.9. The zero-order chi connectivity index (χ0) is 30.9. The van der Waals surface area contributed by atoms with Crippen LogP contribution in [0, 0.1) is 13.8 Å². The van der Waals surface area contributed by atoms with E-state index in [1.165, 1.54) is 0 Å². The van der Waals surface area contributed by atoms with Gasteiger partial charge in [0, 0.05) is 23.5 Å². The van der Waals surface area contributed by atoms with E-state index in [0.29, 0.717) is 40.7 Å². The number of aliphatic carboxylic acids is 1. The monoisotopic (exact) mass is 600 g/mol. The second kappa shape index (κ2) is 11.8. The quantitative estimate of drug-likeness (QED) is 0.412. The Kier molecular flexibility index (Phi) is 8.61. The smallest absolute Gasteiger partial charge is 0.872 e. The SMILES string of the molecule is CCC1=C(C)c2cc3[n-]c(c(C)c4nc(c5c6[n-]c(cc1n2)c(CC)c6C([O-])=C5)[C@@H](CCC(=O)[O-])[C@@H]4C)c(C)c3[C@@H](C)O.[Mg+2]. The number of carbonyl (C=O) groups is 1. The molecule has 1 aliphatic carbocycles. The third kappa shape index (κ3) is 4.89. The predicted octanol–water partition coefficient (Wildman–Crippen LogP) is 4.35. The fourth-order valence-corrected chi connectivity index (χ4v) is 7.31. The standard InChI is InChI=1S/C35H39N4O4.Mg/c1-8-20-15(3)24-13-27-30(19(7)40)17(5)33(38-27)18(6)32-16(4)22(10-11-29(42)43)34(39-32)23-12-28(41)31-21(9-2)26(37-35(23)31)14-25(20)36-24;/h12-14,16,19,22,40H,8-11H2,1-7H3,(H3-,36,37,38,39,41,42,43);/q-1;+2/p-3/t16-,19+,22-;/m0./s1. The second-order valence-corrected chi connectivity index (χ2v) is 12.0. The van der Waals surface area contributed by atoms with Crippen molar-refractivity contribution in [2.45, 2.75) is 92.1 Å². The Morgan fingerprint density at radius 1 is 1.00 bits per heavy atom. The van der Waals surface area contributed by atoms with Gasteiger partial charge in [0.15, 0.2) is 0 Å². The molecule has 5 heterocycles. The van der Waals surface area contributed by atoms with Gasteiger partial charge < -0.3 is 30.1 Å². The largest absolute Gasteiger partial charge is 2.00 e. The first-order valence-corrected chi connectivity index (χ1v) is 15.1. The number of fused-ring (bicyclic) bond motifs is 8. The maximum Gasteiger partial charge on any atom is 2.00 e. The van der Waals surface area contributed by atoms with Gasteiger partial charge in [0.25, 0.3) is 0 Å². The molecular weight excluding hydrogens is 565 g/mol. The van der Waals surface area contributed by atoms with Crippen molar-refractivity contribution in [3.63, 3.8) is 0 Å². The minimum absolute atomic E-state index is 0. The van der Waals surface area contributed by atoms with Gasteiger partial charge in [0.1, 0.15) is 0 Å². The van der Waals surface area contributed by atoms with Crippen LogP contribution in [0.4, 0.5) is 0 Å². The van der Waals surface area contributed by atoms with E-state index in [4.69, 9.17) is 19.9 Å². The minimum atomic E-state index is -1.12. The van der Waals surface area contributed by atoms with Crippen LogP contribution in [-0.2, 0) is 11.2 Å². The van der Waals surface area contributed by atoms with Gasteiger partial charge in [-0.2, -0.15) is 0 Å². The summed E-state index contributed by atoms with van der Waals surface area (Å²) in [6.07, 6.45) is 2.47. The van der Waals surface area contributed by atoms with Crippen LogP contribution >= 0.6 is 0 Å². The number of hydrogen-bond donors (Lipinski definition) is 1. The molecule has 0 saturated carbocycles. The van der Waals surface area contributed by atoms with Gasteiger partial charge >= 0.3 is 23.1 Å². The Hall–Kier alpha value is -3.40. The molecule has 3 aromatic heterocycles. The van der Waals surface area contributed by atoms with E-state index in [1.54, 1.807) is 13.0 Å². The Balaban J connectivity index is 0.00000384. The molecule has 0 spiro atoms. The molecule has 3 atom stereocenters. The number of carboxylic acids is 1. The number of carbonyl (C=O) groups excluding carboxylic acids is 1. The fraction of sp³-hybridized carbons (Fsp3) is 0.400. The maximum atomic E-state index is 13.5. The van der Waals surface area contributed by atoms with Crippen LogP contribution in [0.1, 0.15) is 128 Å². The number of aliphatic hydroxyl groups is 1. The van der Waals surface area contributed by atoms with Gasteiger partial charge in [-0.05, 0) is 86.8 Å². The molecule has 3 aromatic rings. The van der Waals surface area contributed by atoms with Crippen molar-refractivity contribution < 1.29 is 20.1 Å². The van der Waals surface area contributed by atoms with Crippen LogP contribution in [0.25, 0.3) is 45.0 Å². The molecule has 0 amide bonds. The van der Waals surface area contributed by atoms with Crippen LogP contribution < -0.4 is 20.2 Å². The Morgan fingerprint density at radius 2 is 1.68 bits per heavy atom. The number of aliphatic hydroxyl groups excluding tert-OH is 1. The van der Waals surface area contributed by atoms with E-state index in [-0.39, 0.29) is 47.1 Å². The number of allylic oxidation sites excluding steroid dienone is 2. The van der Waals surface area contributed by atoms with Crippen LogP contribution in [-0.4, -0.2) is 44.1 Å². The van der Waals surface area contributed by atoms with E-state index >= 15 is 0 Å². The van der Waals surface area contributed by atoms with Crippen molar-refractivity contribution in [2.75, 3.05) is 0 Å². The van der Waals surface area contributed by atoms with Crippen molar-refractivity contribution in [2.24, 2.45) is 0 Å². The molecule has 1 N–H and O–H groups in total. The average molecular weight is 601 g/mol. The van der Waals surface area contributed by atoms with E-state index in [9.17, 15) is 20.1 Å². The van der Waals surface area contributed by atoms with Crippen LogP contribution in [0.15, 0.2) is 12.1 Å². The molecule has 44 heavy (non-hydrogen) atoms. The third-order valence-corrected chi connectivity index (χ3v) is 9.48. The summed E-state index contributed by atoms with van der Waals surface area (Å²) < 4.78 is 0. The van der Waals surface area contributed by atoms with Gasteiger partial charge in [-0.1, -0.05) is 50.1 Å². The Morgan fingerprint density at radius 3 is 2.32 bits per heavy atom. The molecule has 224 valence electrons. The van der Waals surface area contributed by atoms with Crippen molar-refractivity contribution in [3.8, 4) is 0 Å². The summed E-state index contributed by atoms with van der Waals surface area (Å²) in [5.74, 6) is -1.60. The number of aryl methyl sites for hydroxylation is 3. The number of nitrogens with zero attached hydrogens (tertiary/aromatic N) is 4. The van der Waals surface area contributed by atoms with E-state index in [0.717, 1.165) is 67.9 Å². The Labute approximate surface area is 273 Å². The maximum absolute atomic E-state index is 13.5. The number of aromatic nitrogens is 4. The Bertz CT molecular complexity index is 1930. The molecule has 0 saturated heterocycles. The second-order valence-electron chi connectivity index (χ2n) is 12.0. The minimum Gasteiger partial charge on any atom is -0.872 e. The van der Waals surface area contributed by atoms with E-state index < -0.39 is 12.1 Å². The van der Waals surface area contributed by atoms with Gasteiger partial charge in [0.2, 0.25) is 0 Å². The van der Waals surface area contributed by atoms with Crippen molar-refractivity contribution in [1.29, 1.82) is 0 Å². The number of carboxylic acid groups (broad SMARTS) is 1. The summed E-state index contributed by atoms with van der Waals surface area (Å²) in [7, 11) is 0. The van der Waals surface area contributed by atoms with Gasteiger partial charge in [-0.3, -0.25) is 4.98 Å². The van der Waals surface area contributed by atoms with Crippen LogP contribution in [0.3, 0.4) is 0 Å². The van der Waals surface area contributed by atoms with Crippen molar-refractivity contribution in [3.05, 3.63) is 68.3 Å². The van der Waals surface area contributed by atoms with Crippen LogP contribution in [0.5, 0.6) is 0 Å². The molecular formula is C35H36MgN4O4-2. The summed E-state index contributed by atoms with van der Waals surface area (Å²) in [5.41, 5.74) is 12.6. The van der Waals surface area contributed by atoms with Crippen molar-refractivity contribution in [1.82, 2.24) is 19.9 Å². The summed E-state index contributed by atoms with van der Waals surface area (Å²) in [4.78, 5) is 31.8. The number of rotatable bonds is 6. The van der Waals surface area contributed by atoms with E-state index in [2.05, 4.69) is 13.8 Å². The predicted molar refractivity (Wildman–Crippen MR) is 170 cm³/mol. The molecule has 6 rings (SSSR count). The van der Waals surface area contributed by atoms with Crippen molar-refractivity contribution >= 4 is 74.1 Å². The molecule has 0 unspecified atom stereocenters. The van der Waals surface area contributed by atoms with E-state index in [1.807, 2.05) is 39.8 Å². The molecule has 9 heteroatoms. The topological polar surface area (TPSA) is 137 Å². The molecule has 0 fully saturated rings.